The Kier molecular flexibility index (Phi) is 6.35. The number of aryl methyl sites for hydroxylation is 1. The van der Waals surface area contributed by atoms with Crippen molar-refractivity contribution in [1.29, 1.82) is 0 Å². The molecule has 37 heavy (non-hydrogen) atoms. The van der Waals surface area contributed by atoms with Crippen LogP contribution >= 0.6 is 0 Å². The Bertz CT molecular complexity index is 1570. The second kappa shape index (κ2) is 9.77. The average molecular weight is 498 g/mol. The number of anilines is 1. The maximum Gasteiger partial charge on any atom is 0.334 e. The fourth-order valence-corrected chi connectivity index (χ4v) is 4.87. The Morgan fingerprint density at radius 2 is 1.92 bits per heavy atom. The van der Waals surface area contributed by atoms with Crippen molar-refractivity contribution in [2.45, 2.75) is 19.4 Å². The molecule has 1 N–H and O–H groups in total. The van der Waals surface area contributed by atoms with E-state index in [0.717, 1.165) is 16.8 Å². The third-order valence-corrected chi connectivity index (χ3v) is 6.73. The molecule has 0 radical (unpaired) electrons. The minimum atomic E-state index is -0.240. The molecule has 1 saturated heterocycles. The highest BCUT2D eigenvalue weighted by atomic mass is 16.5. The molecule has 0 bridgehead atoms. The molecule has 5 rings (SSSR count). The van der Waals surface area contributed by atoms with Crippen LogP contribution in [0.5, 0.6) is 5.75 Å². The summed E-state index contributed by atoms with van der Waals surface area (Å²) in [6.45, 7) is 6.46. The first-order valence-electron chi connectivity index (χ1n) is 12.0. The molecule has 4 aromatic rings. The van der Waals surface area contributed by atoms with Gasteiger partial charge in [0.25, 0.3) is 5.91 Å². The van der Waals surface area contributed by atoms with Gasteiger partial charge in [-0.25, -0.2) is 4.79 Å². The number of hydrogen-bond donors (Lipinski definition) is 1. The van der Waals surface area contributed by atoms with Crippen molar-refractivity contribution < 1.29 is 14.3 Å². The normalized spacial score (nSPS) is 15.1. The molecule has 9 nitrogen and oxygen atoms in total. The number of nitrogens with one attached hydrogen (secondary N) is 1. The number of methoxy groups -OCH3 is 1. The molecule has 0 saturated carbocycles. The van der Waals surface area contributed by atoms with Crippen LogP contribution in [0.25, 0.3) is 16.7 Å². The number of aromatic nitrogens is 3. The summed E-state index contributed by atoms with van der Waals surface area (Å²) in [5.74, 6) is 0.345. The zero-order chi connectivity index (χ0) is 26.1. The Morgan fingerprint density at radius 3 is 2.62 bits per heavy atom. The highest BCUT2D eigenvalue weighted by molar-refractivity contribution is 6.04. The molecular formula is C28H27N5O4. The van der Waals surface area contributed by atoms with E-state index in [-0.39, 0.29) is 23.5 Å². The summed E-state index contributed by atoms with van der Waals surface area (Å²) in [4.78, 5) is 44.4. The number of fused-ring (bicyclic) bond motifs is 1. The standard InChI is InChI=1S/C28H27N5O4/c1-4-26(34)31-14-12-22(17-31)33-23-11-13-29-16-24(23)32(28(33)36)21-8-6-20(7-9-21)30-27(35)19-5-10-25(37-3)18(2)15-19/h4-11,13,15-16,22H,1,12,14,17H2,2-3H3,(H,30,35)/t22-/m1/s1. The van der Waals surface area contributed by atoms with Gasteiger partial charge in [-0.1, -0.05) is 6.58 Å². The molecule has 1 aliphatic heterocycles. The topological polar surface area (TPSA) is 98.5 Å². The highest BCUT2D eigenvalue weighted by Crippen LogP contribution is 2.27. The lowest BCUT2D eigenvalue weighted by atomic mass is 10.1. The Morgan fingerprint density at radius 1 is 1.14 bits per heavy atom. The lowest BCUT2D eigenvalue weighted by Gasteiger charge is -2.15. The lowest BCUT2D eigenvalue weighted by molar-refractivity contribution is -0.125. The zero-order valence-electron chi connectivity index (χ0n) is 20.7. The number of carbonyl (C=O) groups excluding carboxylic acids is 2. The van der Waals surface area contributed by atoms with Crippen molar-refractivity contribution >= 4 is 28.5 Å². The number of likely N-dealkylation sites (tertiary alicyclic amines) is 1. The molecule has 2 amide bonds. The molecule has 2 aromatic carbocycles. The molecular weight excluding hydrogens is 470 g/mol. The zero-order valence-corrected chi connectivity index (χ0v) is 20.7. The molecule has 1 fully saturated rings. The van der Waals surface area contributed by atoms with Gasteiger partial charge >= 0.3 is 5.69 Å². The summed E-state index contributed by atoms with van der Waals surface area (Å²) in [7, 11) is 1.59. The van der Waals surface area contributed by atoms with Crippen LogP contribution in [0, 0.1) is 6.92 Å². The summed E-state index contributed by atoms with van der Waals surface area (Å²) in [6.07, 6.45) is 5.30. The largest absolute Gasteiger partial charge is 0.496 e. The molecule has 1 atom stereocenters. The smallest absolute Gasteiger partial charge is 0.334 e. The predicted molar refractivity (Wildman–Crippen MR) is 141 cm³/mol. The number of hydrogen-bond acceptors (Lipinski definition) is 5. The van der Waals surface area contributed by atoms with E-state index in [0.29, 0.717) is 42.0 Å². The molecule has 3 heterocycles. The maximum atomic E-state index is 13.6. The number of carbonyl (C=O) groups is 2. The van der Waals surface area contributed by atoms with Crippen LogP contribution < -0.4 is 15.7 Å². The van der Waals surface area contributed by atoms with Gasteiger partial charge in [0.15, 0.2) is 0 Å². The Labute approximate surface area is 213 Å². The van der Waals surface area contributed by atoms with Gasteiger partial charge in [-0.3, -0.25) is 23.7 Å². The van der Waals surface area contributed by atoms with Crippen molar-refractivity contribution in [3.63, 3.8) is 0 Å². The van der Waals surface area contributed by atoms with Crippen LogP contribution in [0.1, 0.15) is 28.4 Å². The van der Waals surface area contributed by atoms with Gasteiger partial charge in [0.1, 0.15) is 5.75 Å². The summed E-state index contributed by atoms with van der Waals surface area (Å²) < 4.78 is 8.62. The second-order valence-corrected chi connectivity index (χ2v) is 8.97. The van der Waals surface area contributed by atoms with Crippen molar-refractivity contribution in [2.75, 3.05) is 25.5 Å². The van der Waals surface area contributed by atoms with Gasteiger partial charge in [-0.05, 0) is 73.5 Å². The Balaban J connectivity index is 1.43. The van der Waals surface area contributed by atoms with E-state index < -0.39 is 0 Å². The number of imidazole rings is 1. The second-order valence-electron chi connectivity index (χ2n) is 8.97. The highest BCUT2D eigenvalue weighted by Gasteiger charge is 2.30. The molecule has 0 spiro atoms. The van der Waals surface area contributed by atoms with E-state index in [9.17, 15) is 14.4 Å². The Hall–Kier alpha value is -4.66. The molecule has 9 heteroatoms. The van der Waals surface area contributed by atoms with Gasteiger partial charge in [-0.2, -0.15) is 0 Å². The minimum absolute atomic E-state index is 0.136. The summed E-state index contributed by atoms with van der Waals surface area (Å²) in [5.41, 5.74) is 3.87. The van der Waals surface area contributed by atoms with E-state index in [1.165, 1.54) is 6.08 Å². The molecule has 2 aromatic heterocycles. The van der Waals surface area contributed by atoms with Crippen molar-refractivity contribution in [3.05, 3.63) is 95.2 Å². The fourth-order valence-electron chi connectivity index (χ4n) is 4.87. The van der Waals surface area contributed by atoms with E-state index in [1.54, 1.807) is 76.0 Å². The first kappa shape index (κ1) is 24.1. The van der Waals surface area contributed by atoms with Crippen LogP contribution in [-0.4, -0.2) is 51.0 Å². The van der Waals surface area contributed by atoms with Crippen molar-refractivity contribution in [2.24, 2.45) is 0 Å². The third-order valence-electron chi connectivity index (χ3n) is 6.73. The molecule has 0 aliphatic carbocycles. The number of benzene rings is 2. The maximum absolute atomic E-state index is 13.6. The first-order chi connectivity index (χ1) is 17.9. The first-order valence-corrected chi connectivity index (χ1v) is 12.0. The van der Waals surface area contributed by atoms with E-state index in [4.69, 9.17) is 4.74 Å². The van der Waals surface area contributed by atoms with Gasteiger partial charge in [0.2, 0.25) is 5.91 Å². The lowest BCUT2D eigenvalue weighted by Crippen LogP contribution is -2.31. The van der Waals surface area contributed by atoms with E-state index >= 15 is 0 Å². The number of nitrogens with zero attached hydrogens (tertiary/aromatic N) is 4. The van der Waals surface area contributed by atoms with Crippen molar-refractivity contribution in [1.82, 2.24) is 19.0 Å². The fraction of sp³-hybridized carbons (Fsp3) is 0.214. The molecule has 1 aliphatic rings. The van der Waals surface area contributed by atoms with Crippen LogP contribution in [0.15, 0.2) is 78.4 Å². The van der Waals surface area contributed by atoms with Gasteiger partial charge in [-0.15, -0.1) is 0 Å². The summed E-state index contributed by atoms with van der Waals surface area (Å²) in [5, 5.41) is 2.89. The minimum Gasteiger partial charge on any atom is -0.496 e. The van der Waals surface area contributed by atoms with Gasteiger partial charge < -0.3 is 15.0 Å². The van der Waals surface area contributed by atoms with Gasteiger partial charge in [0, 0.05) is 30.5 Å². The number of ether oxygens (including phenoxy) is 1. The van der Waals surface area contributed by atoms with Crippen LogP contribution in [0.3, 0.4) is 0 Å². The third kappa shape index (κ3) is 4.40. The number of pyridine rings is 1. The SMILES string of the molecule is C=CC(=O)N1CC[C@@H](n2c(=O)n(-c3ccc(NC(=O)c4ccc(OC)c(C)c4)cc3)c3cnccc32)C1. The van der Waals surface area contributed by atoms with Crippen LogP contribution in [-0.2, 0) is 4.79 Å². The van der Waals surface area contributed by atoms with Gasteiger partial charge in [0.05, 0.1) is 36.1 Å². The van der Waals surface area contributed by atoms with E-state index in [1.807, 2.05) is 13.0 Å². The van der Waals surface area contributed by atoms with Crippen LogP contribution in [0.2, 0.25) is 0 Å². The average Bonchev–Trinajstić information content (AvgIpc) is 3.50. The predicted octanol–water partition coefficient (Wildman–Crippen LogP) is 3.72. The summed E-state index contributed by atoms with van der Waals surface area (Å²) in [6, 6.07) is 14.0. The molecule has 0 unspecified atom stereocenters. The van der Waals surface area contributed by atoms with Crippen LogP contribution in [0.4, 0.5) is 5.69 Å². The summed E-state index contributed by atoms with van der Waals surface area (Å²) >= 11 is 0. The quantitative estimate of drug-likeness (QED) is 0.410. The molecule has 188 valence electrons. The number of rotatable bonds is 6. The van der Waals surface area contributed by atoms with Crippen molar-refractivity contribution in [3.8, 4) is 11.4 Å². The number of amides is 2. The van der Waals surface area contributed by atoms with E-state index in [2.05, 4.69) is 16.9 Å². The monoisotopic (exact) mass is 497 g/mol.